The van der Waals surface area contributed by atoms with E-state index in [0.717, 1.165) is 19.3 Å². The van der Waals surface area contributed by atoms with Crippen molar-refractivity contribution in [1.29, 1.82) is 5.26 Å². The quantitative estimate of drug-likeness (QED) is 0.549. The molecule has 0 amide bonds. The van der Waals surface area contributed by atoms with Gasteiger partial charge in [0, 0.05) is 13.5 Å². The SMILES string of the molecule is CO[C@@H](C)CCCCC#N. The van der Waals surface area contributed by atoms with Crippen molar-refractivity contribution in [3.8, 4) is 6.07 Å². The lowest BCUT2D eigenvalue weighted by Crippen LogP contribution is -2.03. The molecule has 0 aromatic rings. The number of hydrogen-bond donors (Lipinski definition) is 0. The highest BCUT2D eigenvalue weighted by Gasteiger charge is 1.97. The maximum absolute atomic E-state index is 8.21. The van der Waals surface area contributed by atoms with Crippen LogP contribution in [0.15, 0.2) is 0 Å². The summed E-state index contributed by atoms with van der Waals surface area (Å²) in [6.45, 7) is 2.05. The minimum atomic E-state index is 0.346. The van der Waals surface area contributed by atoms with Gasteiger partial charge < -0.3 is 4.74 Å². The summed E-state index contributed by atoms with van der Waals surface area (Å²) in [4.78, 5) is 0. The summed E-state index contributed by atoms with van der Waals surface area (Å²) in [7, 11) is 1.72. The fourth-order valence-electron chi connectivity index (χ4n) is 0.754. The van der Waals surface area contributed by atoms with E-state index in [2.05, 4.69) is 6.07 Å². The van der Waals surface area contributed by atoms with Crippen LogP contribution in [0, 0.1) is 11.3 Å². The summed E-state index contributed by atoms with van der Waals surface area (Å²) in [5, 5.41) is 8.21. The van der Waals surface area contributed by atoms with Crippen molar-refractivity contribution >= 4 is 0 Å². The predicted molar refractivity (Wildman–Crippen MR) is 40.6 cm³/mol. The first-order valence-electron chi connectivity index (χ1n) is 3.71. The van der Waals surface area contributed by atoms with Crippen molar-refractivity contribution in [3.63, 3.8) is 0 Å². The van der Waals surface area contributed by atoms with E-state index >= 15 is 0 Å². The lowest BCUT2D eigenvalue weighted by molar-refractivity contribution is 0.108. The standard InChI is InChI=1S/C8H15NO/c1-8(10-2)6-4-3-5-7-9/h8H,3-6H2,1-2H3/t8-/m0/s1. The van der Waals surface area contributed by atoms with Gasteiger partial charge in [-0.3, -0.25) is 0 Å². The molecule has 0 aromatic heterocycles. The molecule has 0 N–H and O–H groups in total. The van der Waals surface area contributed by atoms with Crippen LogP contribution in [0.25, 0.3) is 0 Å². The zero-order valence-electron chi connectivity index (χ0n) is 6.76. The van der Waals surface area contributed by atoms with E-state index in [4.69, 9.17) is 10.00 Å². The Morgan fingerprint density at radius 1 is 1.50 bits per heavy atom. The molecule has 0 rings (SSSR count). The molecular formula is C8H15NO. The highest BCUT2D eigenvalue weighted by Crippen LogP contribution is 2.04. The Hall–Kier alpha value is -0.550. The number of hydrogen-bond acceptors (Lipinski definition) is 2. The first kappa shape index (κ1) is 9.45. The Labute approximate surface area is 62.8 Å². The second-order valence-electron chi connectivity index (χ2n) is 2.45. The second-order valence-corrected chi connectivity index (χ2v) is 2.45. The maximum atomic E-state index is 8.21. The highest BCUT2D eigenvalue weighted by atomic mass is 16.5. The third-order valence-corrected chi connectivity index (χ3v) is 1.55. The average molecular weight is 141 g/mol. The predicted octanol–water partition coefficient (Wildman–Crippen LogP) is 2.11. The number of nitriles is 1. The van der Waals surface area contributed by atoms with Crippen molar-refractivity contribution in [2.45, 2.75) is 38.7 Å². The molecule has 0 heterocycles. The van der Waals surface area contributed by atoms with Crippen LogP contribution in [0.1, 0.15) is 32.6 Å². The minimum absolute atomic E-state index is 0.346. The first-order valence-corrected chi connectivity index (χ1v) is 3.71. The van der Waals surface area contributed by atoms with Crippen LogP contribution in [0.5, 0.6) is 0 Å². The highest BCUT2D eigenvalue weighted by molar-refractivity contribution is 4.68. The van der Waals surface area contributed by atoms with Gasteiger partial charge >= 0.3 is 0 Å². The molecule has 58 valence electrons. The van der Waals surface area contributed by atoms with Crippen molar-refractivity contribution in [2.24, 2.45) is 0 Å². The minimum Gasteiger partial charge on any atom is -0.382 e. The Morgan fingerprint density at radius 2 is 2.20 bits per heavy atom. The van der Waals surface area contributed by atoms with Crippen LogP contribution in [0.3, 0.4) is 0 Å². The monoisotopic (exact) mass is 141 g/mol. The molecule has 0 unspecified atom stereocenters. The zero-order chi connectivity index (χ0) is 7.82. The van der Waals surface area contributed by atoms with Gasteiger partial charge in [-0.1, -0.05) is 0 Å². The molecule has 0 saturated carbocycles. The molecule has 0 saturated heterocycles. The van der Waals surface area contributed by atoms with Crippen LogP contribution in [-0.2, 0) is 4.74 Å². The summed E-state index contributed by atoms with van der Waals surface area (Å²) in [6.07, 6.45) is 4.19. The molecule has 1 atom stereocenters. The summed E-state index contributed by atoms with van der Waals surface area (Å²) in [6, 6.07) is 2.12. The van der Waals surface area contributed by atoms with Crippen LogP contribution < -0.4 is 0 Å². The summed E-state index contributed by atoms with van der Waals surface area (Å²) >= 11 is 0. The largest absolute Gasteiger partial charge is 0.382 e. The van der Waals surface area contributed by atoms with E-state index in [9.17, 15) is 0 Å². The van der Waals surface area contributed by atoms with Crippen molar-refractivity contribution in [2.75, 3.05) is 7.11 Å². The summed E-state index contributed by atoms with van der Waals surface area (Å²) in [5.74, 6) is 0. The molecule has 2 nitrogen and oxygen atoms in total. The van der Waals surface area contributed by atoms with Crippen LogP contribution in [0.2, 0.25) is 0 Å². The second kappa shape index (κ2) is 6.57. The van der Waals surface area contributed by atoms with Crippen LogP contribution >= 0.6 is 0 Å². The zero-order valence-corrected chi connectivity index (χ0v) is 6.76. The van der Waals surface area contributed by atoms with Gasteiger partial charge in [0.05, 0.1) is 12.2 Å². The van der Waals surface area contributed by atoms with E-state index in [1.165, 1.54) is 0 Å². The third-order valence-electron chi connectivity index (χ3n) is 1.55. The molecule has 2 heteroatoms. The van der Waals surface area contributed by atoms with Gasteiger partial charge in [-0.15, -0.1) is 0 Å². The Kier molecular flexibility index (Phi) is 6.21. The molecule has 0 fully saturated rings. The number of methoxy groups -OCH3 is 1. The van der Waals surface area contributed by atoms with E-state index in [1.807, 2.05) is 6.92 Å². The fourth-order valence-corrected chi connectivity index (χ4v) is 0.754. The van der Waals surface area contributed by atoms with Crippen molar-refractivity contribution < 1.29 is 4.74 Å². The molecule has 10 heavy (non-hydrogen) atoms. The Balaban J connectivity index is 2.98. The van der Waals surface area contributed by atoms with Gasteiger partial charge in [0.1, 0.15) is 0 Å². The van der Waals surface area contributed by atoms with Gasteiger partial charge in [0.15, 0.2) is 0 Å². The number of rotatable bonds is 5. The maximum Gasteiger partial charge on any atom is 0.0621 e. The number of ether oxygens (including phenoxy) is 1. The average Bonchev–Trinajstić information content (AvgIpc) is 1.98. The smallest absolute Gasteiger partial charge is 0.0621 e. The molecule has 0 aliphatic rings. The van der Waals surface area contributed by atoms with E-state index in [1.54, 1.807) is 7.11 Å². The number of nitrogens with zero attached hydrogens (tertiary/aromatic N) is 1. The summed E-state index contributed by atoms with van der Waals surface area (Å²) < 4.78 is 5.05. The molecule has 0 aliphatic carbocycles. The van der Waals surface area contributed by atoms with Gasteiger partial charge in [0.25, 0.3) is 0 Å². The molecule has 0 spiro atoms. The van der Waals surface area contributed by atoms with Crippen molar-refractivity contribution in [3.05, 3.63) is 0 Å². The van der Waals surface area contributed by atoms with Crippen LogP contribution in [-0.4, -0.2) is 13.2 Å². The van der Waals surface area contributed by atoms with Gasteiger partial charge in [-0.25, -0.2) is 0 Å². The number of unbranched alkanes of at least 4 members (excludes halogenated alkanes) is 2. The third kappa shape index (κ3) is 5.58. The normalized spacial score (nSPS) is 12.5. The Bertz CT molecular complexity index is 106. The van der Waals surface area contributed by atoms with Gasteiger partial charge in [0.2, 0.25) is 0 Å². The Morgan fingerprint density at radius 3 is 2.70 bits per heavy atom. The van der Waals surface area contributed by atoms with E-state index < -0.39 is 0 Å². The van der Waals surface area contributed by atoms with Crippen LogP contribution in [0.4, 0.5) is 0 Å². The van der Waals surface area contributed by atoms with Crippen molar-refractivity contribution in [1.82, 2.24) is 0 Å². The molecule has 0 aliphatic heterocycles. The molecule has 0 radical (unpaired) electrons. The van der Waals surface area contributed by atoms with Gasteiger partial charge in [-0.2, -0.15) is 5.26 Å². The first-order chi connectivity index (χ1) is 4.81. The fraction of sp³-hybridized carbons (Fsp3) is 0.875. The topological polar surface area (TPSA) is 33.0 Å². The van der Waals surface area contributed by atoms with E-state index in [0.29, 0.717) is 12.5 Å². The lowest BCUT2D eigenvalue weighted by atomic mass is 10.1. The molecular weight excluding hydrogens is 126 g/mol. The lowest BCUT2D eigenvalue weighted by Gasteiger charge is -2.06. The van der Waals surface area contributed by atoms with E-state index in [-0.39, 0.29) is 0 Å². The molecule has 0 bridgehead atoms. The summed E-state index contributed by atoms with van der Waals surface area (Å²) in [5.41, 5.74) is 0. The molecule has 0 aromatic carbocycles. The van der Waals surface area contributed by atoms with Gasteiger partial charge in [-0.05, 0) is 26.2 Å².